The maximum atomic E-state index is 11.1. The summed E-state index contributed by atoms with van der Waals surface area (Å²) >= 11 is 0. The molecule has 0 fully saturated rings. The molecule has 0 amide bonds. The van der Waals surface area contributed by atoms with E-state index in [2.05, 4.69) is 38.7 Å². The minimum atomic E-state index is 0.309. The number of oxazole rings is 1. The second kappa shape index (κ2) is 4.41. The number of benzene rings is 1. The van der Waals surface area contributed by atoms with Crippen LogP contribution in [0.5, 0.6) is 0 Å². The summed E-state index contributed by atoms with van der Waals surface area (Å²) in [5.74, 6) is 0.828. The first-order valence-corrected chi connectivity index (χ1v) is 5.96. The largest absolute Gasteiger partial charge is 0.438 e. The molecule has 0 spiro atoms. The Morgan fingerprint density at radius 1 is 1.06 bits per heavy atom. The predicted molar refractivity (Wildman–Crippen MR) is 71.0 cm³/mol. The molecule has 0 N–H and O–H groups in total. The van der Waals surface area contributed by atoms with E-state index in [0.717, 1.165) is 23.0 Å². The summed E-state index contributed by atoms with van der Waals surface area (Å²) in [5, 5.41) is 0. The van der Waals surface area contributed by atoms with Crippen molar-refractivity contribution in [2.24, 2.45) is 0 Å². The van der Waals surface area contributed by atoms with E-state index >= 15 is 0 Å². The lowest BCUT2D eigenvalue weighted by atomic mass is 9.92. The van der Waals surface area contributed by atoms with Crippen molar-refractivity contribution in [3.63, 3.8) is 0 Å². The second-order valence-corrected chi connectivity index (χ2v) is 4.70. The molecule has 0 saturated heterocycles. The van der Waals surface area contributed by atoms with Crippen molar-refractivity contribution in [2.75, 3.05) is 0 Å². The maximum Gasteiger partial charge on any atom is 0.195 e. The van der Waals surface area contributed by atoms with Crippen LogP contribution in [0.4, 0.5) is 0 Å². The molecule has 2 rings (SSSR count). The normalized spacial score (nSPS) is 10.7. The smallest absolute Gasteiger partial charge is 0.195 e. The minimum absolute atomic E-state index is 0.309. The molecule has 0 saturated carbocycles. The molecule has 0 aliphatic heterocycles. The number of carbonyl (C=O) groups excluding carboxylic acids is 1. The summed E-state index contributed by atoms with van der Waals surface area (Å²) in [6.07, 6.45) is 0.728. The highest BCUT2D eigenvalue weighted by Gasteiger charge is 2.18. The first-order valence-electron chi connectivity index (χ1n) is 5.96. The van der Waals surface area contributed by atoms with Crippen LogP contribution in [0.2, 0.25) is 0 Å². The third kappa shape index (κ3) is 1.86. The molecule has 0 radical (unpaired) electrons. The molecule has 0 atom stereocenters. The number of hydrogen-bond acceptors (Lipinski definition) is 3. The zero-order valence-electron chi connectivity index (χ0n) is 11.4. The van der Waals surface area contributed by atoms with Gasteiger partial charge in [-0.15, -0.1) is 0 Å². The van der Waals surface area contributed by atoms with Crippen LogP contribution < -0.4 is 0 Å². The summed E-state index contributed by atoms with van der Waals surface area (Å²) in [4.78, 5) is 15.4. The van der Waals surface area contributed by atoms with Crippen LogP contribution in [-0.2, 0) is 0 Å². The summed E-state index contributed by atoms with van der Waals surface area (Å²) in [6.45, 7) is 9.99. The third-order valence-corrected chi connectivity index (χ3v) is 3.47. The van der Waals surface area contributed by atoms with Crippen molar-refractivity contribution in [1.29, 1.82) is 0 Å². The molecular weight excluding hydrogens is 226 g/mol. The zero-order chi connectivity index (χ0) is 13.4. The fourth-order valence-electron chi connectivity index (χ4n) is 2.27. The molecule has 3 nitrogen and oxygen atoms in total. The monoisotopic (exact) mass is 243 g/mol. The average molecular weight is 243 g/mol. The van der Waals surface area contributed by atoms with E-state index in [4.69, 9.17) is 4.42 Å². The summed E-state index contributed by atoms with van der Waals surface area (Å²) in [5.41, 5.74) is 6.37. The minimum Gasteiger partial charge on any atom is -0.438 e. The predicted octanol–water partition coefficient (Wildman–Crippen LogP) is 3.70. The number of carbonyl (C=O) groups is 1. The van der Waals surface area contributed by atoms with Gasteiger partial charge in [0, 0.05) is 12.5 Å². The van der Waals surface area contributed by atoms with Gasteiger partial charge in [-0.25, -0.2) is 4.98 Å². The average Bonchev–Trinajstić information content (AvgIpc) is 2.68. The van der Waals surface area contributed by atoms with Crippen molar-refractivity contribution in [2.45, 2.75) is 34.6 Å². The highest BCUT2D eigenvalue weighted by molar-refractivity contribution is 5.85. The van der Waals surface area contributed by atoms with Crippen LogP contribution in [0.25, 0.3) is 11.3 Å². The van der Waals surface area contributed by atoms with Gasteiger partial charge in [-0.3, -0.25) is 4.79 Å². The molecule has 0 aliphatic carbocycles. The van der Waals surface area contributed by atoms with E-state index in [1.807, 2.05) is 0 Å². The van der Waals surface area contributed by atoms with Crippen LogP contribution in [0.1, 0.15) is 38.7 Å². The molecule has 2 aromatic rings. The molecule has 0 aliphatic rings. The molecule has 94 valence electrons. The molecule has 3 heteroatoms. The van der Waals surface area contributed by atoms with Crippen LogP contribution >= 0.6 is 0 Å². The van der Waals surface area contributed by atoms with Crippen molar-refractivity contribution in [3.05, 3.63) is 40.0 Å². The third-order valence-electron chi connectivity index (χ3n) is 3.47. The highest BCUT2D eigenvalue weighted by Crippen LogP contribution is 2.32. The van der Waals surface area contributed by atoms with E-state index in [1.165, 1.54) is 11.1 Å². The Hall–Kier alpha value is -1.90. The number of hydrogen-bond donors (Lipinski definition) is 0. The van der Waals surface area contributed by atoms with E-state index in [1.54, 1.807) is 6.92 Å². The zero-order valence-corrected chi connectivity index (χ0v) is 11.4. The van der Waals surface area contributed by atoms with Gasteiger partial charge in [-0.2, -0.15) is 0 Å². The van der Waals surface area contributed by atoms with Crippen LogP contribution in [0.3, 0.4) is 0 Å². The molecule has 1 aromatic carbocycles. The van der Waals surface area contributed by atoms with E-state index in [-0.39, 0.29) is 0 Å². The maximum absolute atomic E-state index is 11.1. The molecule has 1 heterocycles. The Labute approximate surface area is 107 Å². The molecular formula is C15H17NO2. The highest BCUT2D eigenvalue weighted by atomic mass is 16.4. The van der Waals surface area contributed by atoms with Gasteiger partial charge in [0.25, 0.3) is 0 Å². The number of aromatic nitrogens is 1. The van der Waals surface area contributed by atoms with Crippen molar-refractivity contribution < 1.29 is 9.21 Å². The van der Waals surface area contributed by atoms with E-state index in [9.17, 15) is 4.79 Å². The molecule has 0 bridgehead atoms. The quantitative estimate of drug-likeness (QED) is 0.755. The van der Waals surface area contributed by atoms with Crippen molar-refractivity contribution in [3.8, 4) is 11.3 Å². The van der Waals surface area contributed by atoms with Crippen molar-refractivity contribution >= 4 is 6.29 Å². The topological polar surface area (TPSA) is 43.1 Å². The van der Waals surface area contributed by atoms with Crippen molar-refractivity contribution in [1.82, 2.24) is 4.98 Å². The SMILES string of the molecule is Cc1nc(-c2c(C)c(C)cc(C)c2C)c(C=O)o1. The van der Waals surface area contributed by atoms with Gasteiger partial charge < -0.3 is 4.42 Å². The van der Waals surface area contributed by atoms with Gasteiger partial charge >= 0.3 is 0 Å². The molecule has 18 heavy (non-hydrogen) atoms. The summed E-state index contributed by atoms with van der Waals surface area (Å²) < 4.78 is 5.33. The van der Waals surface area contributed by atoms with Gasteiger partial charge in [0.1, 0.15) is 5.69 Å². The summed E-state index contributed by atoms with van der Waals surface area (Å²) in [7, 11) is 0. The summed E-state index contributed by atoms with van der Waals surface area (Å²) in [6, 6.07) is 2.15. The number of nitrogens with zero attached hydrogens (tertiary/aromatic N) is 1. The number of aldehydes is 1. The Balaban J connectivity index is 2.81. The van der Waals surface area contributed by atoms with Crippen LogP contribution in [0, 0.1) is 34.6 Å². The first-order chi connectivity index (χ1) is 8.45. The first kappa shape index (κ1) is 12.6. The van der Waals surface area contributed by atoms with Gasteiger partial charge in [-0.1, -0.05) is 6.07 Å². The standard InChI is InChI=1S/C15H17NO2/c1-8-6-9(2)11(4)14(10(8)3)15-13(7-17)18-12(5)16-15/h6-7H,1-5H3. The Morgan fingerprint density at radius 2 is 1.61 bits per heavy atom. The lowest BCUT2D eigenvalue weighted by Gasteiger charge is -2.13. The van der Waals surface area contributed by atoms with E-state index < -0.39 is 0 Å². The Bertz CT molecular complexity index is 598. The number of aryl methyl sites for hydroxylation is 3. The molecule has 1 aromatic heterocycles. The van der Waals surface area contributed by atoms with Crippen LogP contribution in [0.15, 0.2) is 10.5 Å². The number of rotatable bonds is 2. The lowest BCUT2D eigenvalue weighted by Crippen LogP contribution is -1.97. The van der Waals surface area contributed by atoms with E-state index in [0.29, 0.717) is 17.3 Å². The van der Waals surface area contributed by atoms with Gasteiger partial charge in [0.2, 0.25) is 0 Å². The Morgan fingerprint density at radius 3 is 2.11 bits per heavy atom. The fraction of sp³-hybridized carbons (Fsp3) is 0.333. The van der Waals surface area contributed by atoms with Crippen LogP contribution in [-0.4, -0.2) is 11.3 Å². The van der Waals surface area contributed by atoms with Gasteiger partial charge in [0.15, 0.2) is 17.9 Å². The Kier molecular flexibility index (Phi) is 3.07. The molecule has 0 unspecified atom stereocenters. The lowest BCUT2D eigenvalue weighted by molar-refractivity contribution is 0.110. The second-order valence-electron chi connectivity index (χ2n) is 4.70. The van der Waals surface area contributed by atoms with Gasteiger partial charge in [-0.05, 0) is 49.9 Å². The fourth-order valence-corrected chi connectivity index (χ4v) is 2.27. The van der Waals surface area contributed by atoms with Gasteiger partial charge in [0.05, 0.1) is 0 Å².